The monoisotopic (exact) mass is 353 g/mol. The number of halogens is 1. The number of nitrogen functional groups attached to an aromatic ring is 1. The molecular weight excluding hydrogens is 338 g/mol. The molecule has 0 bridgehead atoms. The summed E-state index contributed by atoms with van der Waals surface area (Å²) in [4.78, 5) is 13.3. The zero-order valence-electron chi connectivity index (χ0n) is 11.5. The van der Waals surface area contributed by atoms with Crippen LogP contribution in [0, 0.1) is 0 Å². The molecule has 20 heavy (non-hydrogen) atoms. The van der Waals surface area contributed by atoms with E-state index in [1.165, 1.54) is 11.8 Å². The Bertz CT molecular complexity index is 595. The maximum atomic E-state index is 5.47. The van der Waals surface area contributed by atoms with Crippen molar-refractivity contribution in [3.05, 3.63) is 34.7 Å². The van der Waals surface area contributed by atoms with Crippen molar-refractivity contribution in [1.29, 1.82) is 0 Å². The number of hydrogen-bond donors (Lipinski definition) is 2. The fraction of sp³-hybridized carbons (Fsp3) is 0.308. The third kappa shape index (κ3) is 3.91. The summed E-state index contributed by atoms with van der Waals surface area (Å²) < 4.78 is 0.948. The molecule has 0 aliphatic heterocycles. The van der Waals surface area contributed by atoms with Crippen LogP contribution in [0.1, 0.15) is 26.6 Å². The van der Waals surface area contributed by atoms with Crippen molar-refractivity contribution in [2.75, 3.05) is 5.43 Å². The van der Waals surface area contributed by atoms with Gasteiger partial charge in [0.2, 0.25) is 0 Å². The Morgan fingerprint density at radius 2 is 1.95 bits per heavy atom. The molecule has 106 valence electrons. The van der Waals surface area contributed by atoms with Crippen molar-refractivity contribution in [1.82, 2.24) is 15.0 Å². The highest BCUT2D eigenvalue weighted by molar-refractivity contribution is 9.10. The summed E-state index contributed by atoms with van der Waals surface area (Å²) in [6, 6.07) is 5.69. The number of nitrogens with zero attached hydrogens (tertiary/aromatic N) is 3. The van der Waals surface area contributed by atoms with Crippen molar-refractivity contribution < 1.29 is 0 Å². The smallest absolute Gasteiger partial charge is 0.144 e. The average molecular weight is 354 g/mol. The lowest BCUT2D eigenvalue weighted by Crippen LogP contribution is -2.19. The Kier molecular flexibility index (Phi) is 4.62. The molecule has 0 radical (unpaired) electrons. The largest absolute Gasteiger partial charge is 0.308 e. The number of pyridine rings is 1. The standard InChI is InChI=1S/C13H16BrN5S/c1-13(2,3)12-17-9(19-15)6-11(18-12)20-10-5-4-8(14)7-16-10/h4-7H,15H2,1-3H3,(H,17,18,19). The minimum atomic E-state index is -0.144. The second-order valence-corrected chi connectivity index (χ2v) is 7.18. The summed E-state index contributed by atoms with van der Waals surface area (Å²) >= 11 is 4.84. The predicted octanol–water partition coefficient (Wildman–Crippen LogP) is 3.37. The Labute approximate surface area is 130 Å². The van der Waals surface area contributed by atoms with Gasteiger partial charge in [0.25, 0.3) is 0 Å². The topological polar surface area (TPSA) is 76.7 Å². The molecule has 0 aliphatic rings. The zero-order valence-corrected chi connectivity index (χ0v) is 13.9. The molecule has 2 heterocycles. The first-order valence-corrected chi connectivity index (χ1v) is 7.65. The van der Waals surface area contributed by atoms with Gasteiger partial charge < -0.3 is 5.43 Å². The second-order valence-electron chi connectivity index (χ2n) is 5.23. The first-order valence-electron chi connectivity index (χ1n) is 6.04. The van der Waals surface area contributed by atoms with Crippen LogP contribution in [-0.4, -0.2) is 15.0 Å². The summed E-state index contributed by atoms with van der Waals surface area (Å²) in [5.74, 6) is 6.82. The van der Waals surface area contributed by atoms with E-state index >= 15 is 0 Å². The number of nitrogens with one attached hydrogen (secondary N) is 1. The lowest BCUT2D eigenvalue weighted by atomic mass is 9.96. The molecule has 0 aromatic carbocycles. The van der Waals surface area contributed by atoms with E-state index in [0.29, 0.717) is 5.82 Å². The molecule has 2 aromatic rings. The molecule has 2 rings (SSSR count). The second kappa shape index (κ2) is 6.07. The molecular formula is C13H16BrN5S. The number of rotatable bonds is 3. The van der Waals surface area contributed by atoms with E-state index in [-0.39, 0.29) is 5.41 Å². The fourth-order valence-electron chi connectivity index (χ4n) is 1.42. The summed E-state index contributed by atoms with van der Waals surface area (Å²) in [5.41, 5.74) is 2.44. The Morgan fingerprint density at radius 1 is 1.20 bits per heavy atom. The number of anilines is 1. The Morgan fingerprint density at radius 3 is 2.50 bits per heavy atom. The zero-order chi connectivity index (χ0) is 14.8. The van der Waals surface area contributed by atoms with Gasteiger partial charge in [-0.15, -0.1) is 0 Å². The Hall–Kier alpha value is -1.18. The van der Waals surface area contributed by atoms with E-state index < -0.39 is 0 Å². The third-order valence-corrected chi connectivity index (χ3v) is 3.77. The highest BCUT2D eigenvalue weighted by Gasteiger charge is 2.19. The lowest BCUT2D eigenvalue weighted by Gasteiger charge is -2.18. The number of hydrogen-bond acceptors (Lipinski definition) is 6. The van der Waals surface area contributed by atoms with E-state index in [4.69, 9.17) is 5.84 Å². The Balaban J connectivity index is 2.33. The first-order chi connectivity index (χ1) is 9.38. The van der Waals surface area contributed by atoms with E-state index in [1.807, 2.05) is 18.2 Å². The van der Waals surface area contributed by atoms with Gasteiger partial charge in [0.15, 0.2) is 0 Å². The molecule has 0 spiro atoms. The normalized spacial score (nSPS) is 11.4. The van der Waals surface area contributed by atoms with Crippen LogP contribution in [-0.2, 0) is 5.41 Å². The molecule has 7 heteroatoms. The van der Waals surface area contributed by atoms with Crippen molar-refractivity contribution in [3.63, 3.8) is 0 Å². The van der Waals surface area contributed by atoms with E-state index in [2.05, 4.69) is 57.1 Å². The quantitative estimate of drug-likeness (QED) is 0.500. The van der Waals surface area contributed by atoms with Gasteiger partial charge in [-0.3, -0.25) is 0 Å². The van der Waals surface area contributed by atoms with Gasteiger partial charge in [0.1, 0.15) is 21.7 Å². The van der Waals surface area contributed by atoms with Crippen LogP contribution in [0.15, 0.2) is 38.9 Å². The minimum absolute atomic E-state index is 0.144. The molecule has 3 N–H and O–H groups in total. The van der Waals surface area contributed by atoms with Crippen LogP contribution in [0.4, 0.5) is 5.82 Å². The van der Waals surface area contributed by atoms with E-state index in [1.54, 1.807) is 6.20 Å². The van der Waals surface area contributed by atoms with Crippen molar-refractivity contribution in [3.8, 4) is 0 Å². The van der Waals surface area contributed by atoms with Crippen LogP contribution in [0.2, 0.25) is 0 Å². The lowest BCUT2D eigenvalue weighted by molar-refractivity contribution is 0.539. The van der Waals surface area contributed by atoms with Crippen molar-refractivity contribution in [2.24, 2.45) is 5.84 Å². The molecule has 0 saturated carbocycles. The predicted molar refractivity (Wildman–Crippen MR) is 84.6 cm³/mol. The highest BCUT2D eigenvalue weighted by atomic mass is 79.9. The maximum absolute atomic E-state index is 5.47. The molecule has 0 unspecified atom stereocenters. The van der Waals surface area contributed by atoms with Crippen LogP contribution in [0.3, 0.4) is 0 Å². The third-order valence-electron chi connectivity index (χ3n) is 2.43. The molecule has 2 aromatic heterocycles. The van der Waals surface area contributed by atoms with E-state index in [9.17, 15) is 0 Å². The van der Waals surface area contributed by atoms with Crippen LogP contribution < -0.4 is 11.3 Å². The van der Waals surface area contributed by atoms with Gasteiger partial charge in [-0.25, -0.2) is 20.8 Å². The summed E-state index contributed by atoms with van der Waals surface area (Å²) in [6.45, 7) is 6.19. The molecule has 5 nitrogen and oxygen atoms in total. The van der Waals surface area contributed by atoms with Gasteiger partial charge in [0.05, 0.1) is 0 Å². The van der Waals surface area contributed by atoms with Gasteiger partial charge >= 0.3 is 0 Å². The highest BCUT2D eigenvalue weighted by Crippen LogP contribution is 2.29. The average Bonchev–Trinajstić information content (AvgIpc) is 2.40. The number of aromatic nitrogens is 3. The van der Waals surface area contributed by atoms with Crippen LogP contribution >= 0.6 is 27.7 Å². The molecule has 0 aliphatic carbocycles. The number of nitrogens with two attached hydrogens (primary N) is 1. The van der Waals surface area contributed by atoms with Gasteiger partial charge in [0, 0.05) is 22.2 Å². The van der Waals surface area contributed by atoms with Gasteiger partial charge in [-0.05, 0) is 39.8 Å². The maximum Gasteiger partial charge on any atom is 0.144 e. The van der Waals surface area contributed by atoms with Crippen molar-refractivity contribution in [2.45, 2.75) is 36.2 Å². The van der Waals surface area contributed by atoms with Crippen LogP contribution in [0.25, 0.3) is 0 Å². The molecule has 0 saturated heterocycles. The minimum Gasteiger partial charge on any atom is -0.308 e. The SMILES string of the molecule is CC(C)(C)c1nc(NN)cc(Sc2ccc(Br)cn2)n1. The van der Waals surface area contributed by atoms with Crippen LogP contribution in [0.5, 0.6) is 0 Å². The fourth-order valence-corrected chi connectivity index (χ4v) is 2.41. The number of hydrazine groups is 1. The van der Waals surface area contributed by atoms with Crippen molar-refractivity contribution >= 4 is 33.5 Å². The summed E-state index contributed by atoms with van der Waals surface area (Å²) in [5, 5.41) is 1.68. The van der Waals surface area contributed by atoms with Gasteiger partial charge in [-0.2, -0.15) is 0 Å². The summed E-state index contributed by atoms with van der Waals surface area (Å²) in [7, 11) is 0. The molecule has 0 atom stereocenters. The van der Waals surface area contributed by atoms with Gasteiger partial charge in [-0.1, -0.05) is 20.8 Å². The summed E-state index contributed by atoms with van der Waals surface area (Å²) in [6.07, 6.45) is 1.76. The molecule has 0 fully saturated rings. The first kappa shape index (κ1) is 15.2. The molecule has 0 amide bonds. The van der Waals surface area contributed by atoms with E-state index in [0.717, 1.165) is 20.3 Å².